The first-order valence-corrected chi connectivity index (χ1v) is 9.43. The molecule has 2 aromatic heterocycles. The van der Waals surface area contributed by atoms with E-state index in [0.717, 1.165) is 21.9 Å². The topological polar surface area (TPSA) is 71.1 Å². The normalized spacial score (nSPS) is 11.9. The van der Waals surface area contributed by atoms with Crippen molar-refractivity contribution in [1.29, 1.82) is 0 Å². The van der Waals surface area contributed by atoms with Crippen molar-refractivity contribution in [2.75, 3.05) is 6.54 Å². The molecule has 0 fully saturated rings. The van der Waals surface area contributed by atoms with E-state index in [4.69, 9.17) is 0 Å². The van der Waals surface area contributed by atoms with Crippen LogP contribution in [0.2, 0.25) is 0 Å². The lowest BCUT2D eigenvalue weighted by molar-refractivity contribution is 0.579. The number of hydrogen-bond donors (Lipinski definition) is 2. The first-order chi connectivity index (χ1) is 9.54. The van der Waals surface area contributed by atoms with Crippen LogP contribution in [-0.4, -0.2) is 19.9 Å². The fourth-order valence-electron chi connectivity index (χ4n) is 1.78. The van der Waals surface area contributed by atoms with Gasteiger partial charge in [0.25, 0.3) is 0 Å². The molecular formula is C12H17N3O2S3. The highest BCUT2D eigenvalue weighted by molar-refractivity contribution is 7.89. The second-order valence-corrected chi connectivity index (χ2v) is 7.88. The molecule has 20 heavy (non-hydrogen) atoms. The van der Waals surface area contributed by atoms with Crippen molar-refractivity contribution >= 4 is 32.7 Å². The van der Waals surface area contributed by atoms with Crippen LogP contribution in [0.5, 0.6) is 0 Å². The molecule has 0 aliphatic rings. The number of rotatable bonds is 7. The summed E-state index contributed by atoms with van der Waals surface area (Å²) in [6.45, 7) is 5.49. The van der Waals surface area contributed by atoms with Crippen molar-refractivity contribution in [1.82, 2.24) is 15.0 Å². The zero-order valence-electron chi connectivity index (χ0n) is 11.3. The summed E-state index contributed by atoms with van der Waals surface area (Å²) in [6, 6.07) is 0. The Morgan fingerprint density at radius 2 is 2.10 bits per heavy atom. The lowest BCUT2D eigenvalue weighted by Gasteiger charge is -2.08. The van der Waals surface area contributed by atoms with Crippen molar-refractivity contribution in [3.05, 3.63) is 32.4 Å². The number of nitrogens with zero attached hydrogens (tertiary/aromatic N) is 1. The van der Waals surface area contributed by atoms with Gasteiger partial charge in [-0.05, 0) is 24.4 Å². The number of aromatic nitrogens is 1. The van der Waals surface area contributed by atoms with Crippen LogP contribution in [0.25, 0.3) is 0 Å². The van der Waals surface area contributed by atoms with Gasteiger partial charge in [-0.15, -0.1) is 22.7 Å². The first-order valence-electron chi connectivity index (χ1n) is 6.19. The minimum Gasteiger partial charge on any atom is -0.312 e. The molecule has 2 aromatic rings. The highest BCUT2D eigenvalue weighted by Gasteiger charge is 2.22. The molecule has 0 amide bonds. The monoisotopic (exact) mass is 331 g/mol. The zero-order valence-corrected chi connectivity index (χ0v) is 13.8. The van der Waals surface area contributed by atoms with E-state index in [1.807, 2.05) is 19.2 Å². The predicted molar refractivity (Wildman–Crippen MR) is 82.6 cm³/mol. The van der Waals surface area contributed by atoms with Crippen LogP contribution in [0.1, 0.15) is 22.2 Å². The molecule has 0 atom stereocenters. The Kier molecular flexibility index (Phi) is 5.28. The average Bonchev–Trinajstić information content (AvgIpc) is 3.03. The molecule has 0 aliphatic carbocycles. The molecule has 2 N–H and O–H groups in total. The number of nitrogens with one attached hydrogen (secondary N) is 2. The van der Waals surface area contributed by atoms with Crippen LogP contribution in [0.3, 0.4) is 0 Å². The van der Waals surface area contributed by atoms with Crippen molar-refractivity contribution < 1.29 is 8.42 Å². The zero-order chi connectivity index (χ0) is 14.6. The smallest absolute Gasteiger partial charge is 0.242 e. The van der Waals surface area contributed by atoms with Crippen LogP contribution >= 0.6 is 22.7 Å². The van der Waals surface area contributed by atoms with E-state index in [0.29, 0.717) is 11.4 Å². The van der Waals surface area contributed by atoms with Crippen molar-refractivity contribution in [2.24, 2.45) is 0 Å². The number of hydrogen-bond acceptors (Lipinski definition) is 6. The lowest BCUT2D eigenvalue weighted by Crippen LogP contribution is -2.25. The molecule has 110 valence electrons. The van der Waals surface area contributed by atoms with E-state index in [-0.39, 0.29) is 6.54 Å². The van der Waals surface area contributed by atoms with Crippen molar-refractivity contribution in [3.63, 3.8) is 0 Å². The largest absolute Gasteiger partial charge is 0.312 e. The minimum absolute atomic E-state index is 0.281. The van der Waals surface area contributed by atoms with E-state index in [1.54, 1.807) is 11.7 Å². The summed E-state index contributed by atoms with van der Waals surface area (Å²) in [5.74, 6) is 0. The Bertz CT molecular complexity index is 648. The van der Waals surface area contributed by atoms with Crippen LogP contribution in [0, 0.1) is 6.92 Å². The van der Waals surface area contributed by atoms with E-state index in [1.165, 1.54) is 22.7 Å². The van der Waals surface area contributed by atoms with Gasteiger partial charge in [0.1, 0.15) is 4.90 Å². The van der Waals surface area contributed by atoms with E-state index in [2.05, 4.69) is 15.0 Å². The van der Waals surface area contributed by atoms with Gasteiger partial charge in [-0.25, -0.2) is 13.1 Å². The Labute approximate surface area is 127 Å². The summed E-state index contributed by atoms with van der Waals surface area (Å²) in [6.07, 6.45) is 1.67. The third-order valence-corrected chi connectivity index (χ3v) is 6.36. The number of thiazole rings is 1. The van der Waals surface area contributed by atoms with Gasteiger partial charge in [0, 0.05) is 29.0 Å². The molecule has 0 unspecified atom stereocenters. The quantitative estimate of drug-likeness (QED) is 0.815. The van der Waals surface area contributed by atoms with Crippen LogP contribution < -0.4 is 10.0 Å². The summed E-state index contributed by atoms with van der Waals surface area (Å²) in [5, 5.41) is 5.05. The van der Waals surface area contributed by atoms with Gasteiger partial charge < -0.3 is 5.32 Å². The Morgan fingerprint density at radius 3 is 2.75 bits per heavy atom. The fourth-order valence-corrected chi connectivity index (χ4v) is 5.19. The molecule has 0 spiro atoms. The number of thiophene rings is 1. The molecular weight excluding hydrogens is 314 g/mol. The highest BCUT2D eigenvalue weighted by atomic mass is 32.2. The third-order valence-electron chi connectivity index (χ3n) is 2.71. The summed E-state index contributed by atoms with van der Waals surface area (Å²) in [4.78, 5) is 6.09. The third kappa shape index (κ3) is 3.64. The Balaban J connectivity index is 2.18. The summed E-state index contributed by atoms with van der Waals surface area (Å²) in [5.41, 5.74) is 2.48. The number of sulfonamides is 1. The highest BCUT2D eigenvalue weighted by Crippen LogP contribution is 2.27. The molecule has 0 radical (unpaired) electrons. The van der Waals surface area contributed by atoms with Gasteiger partial charge in [0.15, 0.2) is 0 Å². The van der Waals surface area contributed by atoms with Gasteiger partial charge in [0.2, 0.25) is 10.0 Å². The van der Waals surface area contributed by atoms with Crippen LogP contribution in [0.4, 0.5) is 0 Å². The maximum atomic E-state index is 12.4. The summed E-state index contributed by atoms with van der Waals surface area (Å²) < 4.78 is 27.5. The number of aryl methyl sites for hydroxylation is 1. The standard InChI is InChI=1S/C12H17N3O2S3/c1-3-13-6-11-12(9(2)7-18-11)20(16,17)15-5-10-4-14-8-19-10/h4,7-8,13,15H,3,5-6H2,1-2H3. The van der Waals surface area contributed by atoms with E-state index in [9.17, 15) is 8.42 Å². The maximum absolute atomic E-state index is 12.4. The van der Waals surface area contributed by atoms with Crippen molar-refractivity contribution in [3.8, 4) is 0 Å². The van der Waals surface area contributed by atoms with Crippen LogP contribution in [0.15, 0.2) is 22.0 Å². The first kappa shape index (κ1) is 15.6. The van der Waals surface area contributed by atoms with Gasteiger partial charge in [-0.2, -0.15) is 0 Å². The molecule has 2 heterocycles. The second-order valence-electron chi connectivity index (χ2n) is 4.24. The second kappa shape index (κ2) is 6.77. The summed E-state index contributed by atoms with van der Waals surface area (Å²) in [7, 11) is -3.49. The van der Waals surface area contributed by atoms with Crippen LogP contribution in [-0.2, 0) is 23.1 Å². The molecule has 8 heteroatoms. The van der Waals surface area contributed by atoms with E-state index < -0.39 is 10.0 Å². The van der Waals surface area contributed by atoms with Gasteiger partial charge in [-0.1, -0.05) is 6.92 Å². The molecule has 0 saturated carbocycles. The fraction of sp³-hybridized carbons (Fsp3) is 0.417. The minimum atomic E-state index is -3.49. The molecule has 0 aromatic carbocycles. The Hall–Kier alpha value is -0.800. The Morgan fingerprint density at radius 1 is 1.30 bits per heavy atom. The SMILES string of the molecule is CCNCc1scc(C)c1S(=O)(=O)NCc1cncs1. The van der Waals surface area contributed by atoms with Gasteiger partial charge >= 0.3 is 0 Å². The molecule has 0 aliphatic heterocycles. The molecule has 0 saturated heterocycles. The summed E-state index contributed by atoms with van der Waals surface area (Å²) >= 11 is 2.91. The molecule has 2 rings (SSSR count). The lowest BCUT2D eigenvalue weighted by atomic mass is 10.3. The molecule has 0 bridgehead atoms. The van der Waals surface area contributed by atoms with Gasteiger partial charge in [-0.3, -0.25) is 4.98 Å². The van der Waals surface area contributed by atoms with Crippen molar-refractivity contribution in [2.45, 2.75) is 31.8 Å². The maximum Gasteiger partial charge on any atom is 0.242 e. The average molecular weight is 331 g/mol. The van der Waals surface area contributed by atoms with Gasteiger partial charge in [0.05, 0.1) is 5.51 Å². The molecule has 5 nitrogen and oxygen atoms in total. The predicted octanol–water partition coefficient (Wildman–Crippen LogP) is 2.10. The van der Waals surface area contributed by atoms with E-state index >= 15 is 0 Å².